The lowest BCUT2D eigenvalue weighted by Crippen LogP contribution is -2.47. The SMILES string of the molecule is COc1ccc(C2CC(=O)N2S(=O)(=O)Cl)cn1. The van der Waals surface area contributed by atoms with Crippen LogP contribution in [0.1, 0.15) is 18.0 Å². The topological polar surface area (TPSA) is 76.6 Å². The van der Waals surface area contributed by atoms with Crippen LogP contribution in [0, 0.1) is 0 Å². The number of ether oxygens (including phenoxy) is 1. The molecule has 0 N–H and O–H groups in total. The monoisotopic (exact) mass is 276 g/mol. The molecule has 2 heterocycles. The number of carbonyl (C=O) groups is 1. The molecule has 1 atom stereocenters. The molecule has 0 bridgehead atoms. The number of halogens is 1. The van der Waals surface area contributed by atoms with E-state index in [-0.39, 0.29) is 6.42 Å². The molecular weight excluding hydrogens is 268 g/mol. The van der Waals surface area contributed by atoms with Crippen molar-refractivity contribution >= 4 is 25.8 Å². The third-order valence-corrected chi connectivity index (χ3v) is 3.86. The molecule has 8 heteroatoms. The number of amides is 1. The third kappa shape index (κ3) is 2.20. The molecule has 1 aliphatic rings. The smallest absolute Gasteiger partial charge is 0.324 e. The quantitative estimate of drug-likeness (QED) is 0.604. The molecule has 1 aromatic heterocycles. The third-order valence-electron chi connectivity index (χ3n) is 2.48. The summed E-state index contributed by atoms with van der Waals surface area (Å²) in [6.45, 7) is 0. The summed E-state index contributed by atoms with van der Waals surface area (Å²) in [6, 6.07) is 2.68. The first-order valence-corrected chi connectivity index (χ1v) is 6.97. The van der Waals surface area contributed by atoms with Crippen molar-refractivity contribution in [2.45, 2.75) is 12.5 Å². The summed E-state index contributed by atoms with van der Waals surface area (Å²) in [5, 5.41) is 0. The van der Waals surface area contributed by atoms with E-state index < -0.39 is 21.2 Å². The van der Waals surface area contributed by atoms with Gasteiger partial charge in [-0.05, 0) is 11.6 Å². The van der Waals surface area contributed by atoms with Gasteiger partial charge in [0.1, 0.15) is 0 Å². The van der Waals surface area contributed by atoms with Crippen molar-refractivity contribution < 1.29 is 17.9 Å². The van der Waals surface area contributed by atoms with Crippen LogP contribution in [0.3, 0.4) is 0 Å². The van der Waals surface area contributed by atoms with E-state index in [2.05, 4.69) is 4.98 Å². The average molecular weight is 277 g/mol. The summed E-state index contributed by atoms with van der Waals surface area (Å²) >= 11 is 0. The minimum atomic E-state index is -4.03. The number of nitrogens with zero attached hydrogens (tertiary/aromatic N) is 2. The zero-order chi connectivity index (χ0) is 12.6. The first-order valence-electron chi connectivity index (χ1n) is 4.70. The van der Waals surface area contributed by atoms with Gasteiger partial charge in [0.2, 0.25) is 11.8 Å². The van der Waals surface area contributed by atoms with E-state index in [1.54, 1.807) is 12.1 Å². The van der Waals surface area contributed by atoms with Gasteiger partial charge < -0.3 is 4.74 Å². The van der Waals surface area contributed by atoms with Gasteiger partial charge in [-0.15, -0.1) is 0 Å². The molecule has 0 aliphatic carbocycles. The van der Waals surface area contributed by atoms with E-state index in [1.807, 2.05) is 0 Å². The second-order valence-electron chi connectivity index (χ2n) is 3.49. The molecule has 2 rings (SSSR count). The molecule has 92 valence electrons. The average Bonchev–Trinajstić information content (AvgIpc) is 2.23. The van der Waals surface area contributed by atoms with Gasteiger partial charge in [0, 0.05) is 22.9 Å². The maximum Gasteiger partial charge on any atom is 0.324 e. The fourth-order valence-electron chi connectivity index (χ4n) is 1.64. The molecule has 1 aromatic rings. The Hall–Kier alpha value is -1.34. The van der Waals surface area contributed by atoms with Crippen LogP contribution in [0.4, 0.5) is 0 Å². The van der Waals surface area contributed by atoms with Gasteiger partial charge in [0.15, 0.2) is 0 Å². The number of aromatic nitrogens is 1. The molecule has 1 aliphatic heterocycles. The molecule has 0 aromatic carbocycles. The summed E-state index contributed by atoms with van der Waals surface area (Å²) in [5.41, 5.74) is 0.606. The van der Waals surface area contributed by atoms with E-state index in [0.717, 1.165) is 0 Å². The number of methoxy groups -OCH3 is 1. The van der Waals surface area contributed by atoms with Gasteiger partial charge in [-0.3, -0.25) is 4.79 Å². The van der Waals surface area contributed by atoms with Gasteiger partial charge >= 0.3 is 9.24 Å². The predicted octanol–water partition coefficient (Wildman–Crippen LogP) is 0.847. The fraction of sp³-hybridized carbons (Fsp3) is 0.333. The molecule has 1 unspecified atom stereocenters. The Balaban J connectivity index is 2.26. The summed E-state index contributed by atoms with van der Waals surface area (Å²) in [5.74, 6) is -0.0968. The summed E-state index contributed by atoms with van der Waals surface area (Å²) in [7, 11) is 2.61. The number of hydrogen-bond acceptors (Lipinski definition) is 5. The van der Waals surface area contributed by atoms with Crippen LogP contribution in [0.15, 0.2) is 18.3 Å². The van der Waals surface area contributed by atoms with Crippen LogP contribution in [-0.2, 0) is 14.0 Å². The molecular formula is C9H9ClN2O4S. The Morgan fingerprint density at radius 3 is 2.65 bits per heavy atom. The standard InChI is InChI=1S/C9H9ClN2O4S/c1-16-8-3-2-6(5-11-8)7-4-9(13)12(7)17(10,14)15/h2-3,5,7H,4H2,1H3. The summed E-state index contributed by atoms with van der Waals surface area (Å²) in [4.78, 5) is 15.1. The highest BCUT2D eigenvalue weighted by Crippen LogP contribution is 2.38. The van der Waals surface area contributed by atoms with Crippen molar-refractivity contribution in [3.8, 4) is 5.88 Å². The van der Waals surface area contributed by atoms with Crippen molar-refractivity contribution in [2.24, 2.45) is 0 Å². The Kier molecular flexibility index (Phi) is 2.96. The van der Waals surface area contributed by atoms with Crippen LogP contribution < -0.4 is 4.74 Å². The van der Waals surface area contributed by atoms with Crippen LogP contribution in [0.25, 0.3) is 0 Å². The lowest BCUT2D eigenvalue weighted by molar-refractivity contribution is -0.137. The van der Waals surface area contributed by atoms with Gasteiger partial charge in [0.25, 0.3) is 0 Å². The second kappa shape index (κ2) is 4.15. The molecule has 1 saturated heterocycles. The molecule has 17 heavy (non-hydrogen) atoms. The predicted molar refractivity (Wildman–Crippen MR) is 59.8 cm³/mol. The molecule has 0 saturated carbocycles. The van der Waals surface area contributed by atoms with Crippen molar-refractivity contribution in [3.05, 3.63) is 23.9 Å². The van der Waals surface area contributed by atoms with Crippen molar-refractivity contribution in [1.29, 1.82) is 0 Å². The van der Waals surface area contributed by atoms with Crippen LogP contribution in [-0.4, -0.2) is 30.7 Å². The first kappa shape index (κ1) is 12.1. The van der Waals surface area contributed by atoms with Gasteiger partial charge in [-0.2, -0.15) is 8.42 Å². The van der Waals surface area contributed by atoms with Crippen LogP contribution >= 0.6 is 10.7 Å². The number of rotatable bonds is 3. The Bertz CT molecular complexity index is 543. The first-order chi connectivity index (χ1) is 7.93. The van der Waals surface area contributed by atoms with E-state index in [4.69, 9.17) is 15.4 Å². The van der Waals surface area contributed by atoms with E-state index in [0.29, 0.717) is 15.7 Å². The zero-order valence-electron chi connectivity index (χ0n) is 8.83. The highest BCUT2D eigenvalue weighted by atomic mass is 35.7. The zero-order valence-corrected chi connectivity index (χ0v) is 10.4. The maximum absolute atomic E-state index is 11.2. The number of hydrogen-bond donors (Lipinski definition) is 0. The normalized spacial score (nSPS) is 20.0. The molecule has 0 radical (unpaired) electrons. The fourth-order valence-corrected chi connectivity index (χ4v) is 2.97. The van der Waals surface area contributed by atoms with Gasteiger partial charge in [-0.25, -0.2) is 9.29 Å². The van der Waals surface area contributed by atoms with E-state index >= 15 is 0 Å². The number of carbonyl (C=O) groups excluding carboxylic acids is 1. The Labute approximate surface area is 103 Å². The van der Waals surface area contributed by atoms with Crippen LogP contribution in [0.2, 0.25) is 0 Å². The van der Waals surface area contributed by atoms with E-state index in [1.165, 1.54) is 13.3 Å². The summed E-state index contributed by atoms with van der Waals surface area (Å²) in [6.07, 6.45) is 1.57. The Morgan fingerprint density at radius 2 is 2.24 bits per heavy atom. The number of β-lactam (4-membered cyclic amide) rings is 1. The second-order valence-corrected chi connectivity index (χ2v) is 5.87. The summed E-state index contributed by atoms with van der Waals surface area (Å²) < 4.78 is 27.8. The van der Waals surface area contributed by atoms with Gasteiger partial charge in [-0.1, -0.05) is 0 Å². The highest BCUT2D eigenvalue weighted by Gasteiger charge is 2.44. The largest absolute Gasteiger partial charge is 0.481 e. The van der Waals surface area contributed by atoms with Crippen molar-refractivity contribution in [3.63, 3.8) is 0 Å². The molecule has 6 nitrogen and oxygen atoms in total. The van der Waals surface area contributed by atoms with Crippen molar-refractivity contribution in [1.82, 2.24) is 9.29 Å². The molecule has 1 fully saturated rings. The van der Waals surface area contributed by atoms with Crippen molar-refractivity contribution in [2.75, 3.05) is 7.11 Å². The molecule has 0 spiro atoms. The number of pyridine rings is 1. The lowest BCUT2D eigenvalue weighted by Gasteiger charge is -2.36. The minimum absolute atomic E-state index is 0.111. The maximum atomic E-state index is 11.2. The van der Waals surface area contributed by atoms with Gasteiger partial charge in [0.05, 0.1) is 19.6 Å². The lowest BCUT2D eigenvalue weighted by atomic mass is 9.99. The highest BCUT2D eigenvalue weighted by molar-refractivity contribution is 8.12. The molecule has 1 amide bonds. The Morgan fingerprint density at radius 1 is 1.53 bits per heavy atom. The van der Waals surface area contributed by atoms with Crippen LogP contribution in [0.5, 0.6) is 5.88 Å². The van der Waals surface area contributed by atoms with E-state index in [9.17, 15) is 13.2 Å². The minimum Gasteiger partial charge on any atom is -0.481 e.